The molecule has 0 atom stereocenters. The average molecular weight is 145 g/mol. The minimum absolute atomic E-state index is 0. The molecular weight excluding hydrogens is 137 g/mol. The van der Waals surface area contributed by atoms with Crippen molar-refractivity contribution in [1.29, 1.82) is 0 Å². The summed E-state index contributed by atoms with van der Waals surface area (Å²) in [4.78, 5) is 14.0. The summed E-state index contributed by atoms with van der Waals surface area (Å²) in [6, 6.07) is 3.43. The molecule has 0 spiro atoms. The van der Waals surface area contributed by atoms with E-state index in [9.17, 15) is 4.79 Å². The summed E-state index contributed by atoms with van der Waals surface area (Å²) < 4.78 is 0. The summed E-state index contributed by atoms with van der Waals surface area (Å²) in [6.45, 7) is 1.72. The van der Waals surface area contributed by atoms with E-state index in [2.05, 4.69) is 4.98 Å². The van der Waals surface area contributed by atoms with Crippen molar-refractivity contribution in [3.8, 4) is 0 Å². The Labute approximate surface area is 76.6 Å². The first-order valence-electron chi connectivity index (χ1n) is 2.86. The summed E-state index contributed by atoms with van der Waals surface area (Å²) in [5, 5.41) is 8.50. The van der Waals surface area contributed by atoms with Gasteiger partial charge in [-0.05, 0) is 18.6 Å². The number of aromatic carboxylic acids is 1. The van der Waals surface area contributed by atoms with Gasteiger partial charge in [-0.1, -0.05) is 6.07 Å². The second-order valence-corrected chi connectivity index (χ2v) is 1.97. The van der Waals surface area contributed by atoms with Crippen molar-refractivity contribution >= 4 is 24.8 Å². The van der Waals surface area contributed by atoms with Crippen molar-refractivity contribution in [3.05, 3.63) is 29.6 Å². The molecule has 0 saturated carbocycles. The van der Waals surface area contributed by atoms with Crippen LogP contribution in [0.4, 0.5) is 0 Å². The molecule has 54 valence electrons. The number of carboxylic acids is 1. The van der Waals surface area contributed by atoms with Gasteiger partial charge in [-0.25, -0.2) is 9.78 Å². The van der Waals surface area contributed by atoms with Gasteiger partial charge in [-0.2, -0.15) is 0 Å². The zero-order chi connectivity index (χ0) is 7.56. The molecular formula is C7H8LiNO2. The minimum atomic E-state index is -0.974. The predicted octanol–water partition coefficient (Wildman–Crippen LogP) is 0.440. The quantitative estimate of drug-likeness (QED) is 0.583. The van der Waals surface area contributed by atoms with Crippen molar-refractivity contribution in [2.24, 2.45) is 0 Å². The number of hydrogen-bond donors (Lipinski definition) is 1. The summed E-state index contributed by atoms with van der Waals surface area (Å²) in [5.41, 5.74) is 0.817. The Morgan fingerprint density at radius 2 is 2.27 bits per heavy atom. The van der Waals surface area contributed by atoms with Crippen molar-refractivity contribution in [2.45, 2.75) is 6.92 Å². The maximum absolute atomic E-state index is 10.4. The van der Waals surface area contributed by atoms with Gasteiger partial charge >= 0.3 is 24.8 Å². The van der Waals surface area contributed by atoms with E-state index >= 15 is 0 Å². The van der Waals surface area contributed by atoms with Crippen LogP contribution in [0.5, 0.6) is 0 Å². The summed E-state index contributed by atoms with van der Waals surface area (Å²) in [6.07, 6.45) is 1.47. The van der Waals surface area contributed by atoms with Gasteiger partial charge in [0.05, 0.1) is 0 Å². The molecule has 3 nitrogen and oxygen atoms in total. The van der Waals surface area contributed by atoms with Crippen LogP contribution in [0.15, 0.2) is 18.3 Å². The van der Waals surface area contributed by atoms with E-state index < -0.39 is 5.97 Å². The monoisotopic (exact) mass is 145 g/mol. The van der Waals surface area contributed by atoms with E-state index in [0.29, 0.717) is 5.56 Å². The number of aromatic nitrogens is 1. The topological polar surface area (TPSA) is 50.2 Å². The maximum atomic E-state index is 10.4. The number of carbonyl (C=O) groups is 1. The van der Waals surface area contributed by atoms with Crippen molar-refractivity contribution in [2.75, 3.05) is 0 Å². The molecule has 1 N–H and O–H groups in total. The molecule has 1 aromatic heterocycles. The van der Waals surface area contributed by atoms with Crippen LogP contribution >= 0.6 is 0 Å². The van der Waals surface area contributed by atoms with Crippen LogP contribution in [0.25, 0.3) is 0 Å². The van der Waals surface area contributed by atoms with Gasteiger partial charge < -0.3 is 5.11 Å². The van der Waals surface area contributed by atoms with Gasteiger partial charge in [0.1, 0.15) is 0 Å². The molecule has 0 bridgehead atoms. The number of rotatable bonds is 1. The van der Waals surface area contributed by atoms with E-state index in [1.165, 1.54) is 6.20 Å². The van der Waals surface area contributed by atoms with Gasteiger partial charge in [0.15, 0.2) is 5.69 Å². The first-order valence-corrected chi connectivity index (χ1v) is 2.86. The fourth-order valence-electron chi connectivity index (χ4n) is 0.710. The first-order chi connectivity index (χ1) is 4.72. The Morgan fingerprint density at radius 1 is 1.64 bits per heavy atom. The molecule has 1 rings (SSSR count). The number of pyridine rings is 1. The molecule has 4 heteroatoms. The van der Waals surface area contributed by atoms with Crippen LogP contribution in [0.3, 0.4) is 0 Å². The molecule has 1 aromatic rings. The third-order valence-corrected chi connectivity index (χ3v) is 1.21. The second kappa shape index (κ2) is 4.17. The van der Waals surface area contributed by atoms with E-state index in [0.717, 1.165) is 0 Å². The Hall–Kier alpha value is -0.783. The normalized spacial score (nSPS) is 8.45. The zero-order valence-corrected chi connectivity index (χ0v) is 5.53. The fraction of sp³-hybridized carbons (Fsp3) is 0.143. The Bertz CT molecular complexity index is 262. The van der Waals surface area contributed by atoms with Crippen LogP contribution < -0.4 is 0 Å². The number of carboxylic acid groups (broad SMARTS) is 1. The summed E-state index contributed by atoms with van der Waals surface area (Å²) in [5.74, 6) is -0.974. The van der Waals surface area contributed by atoms with Crippen LogP contribution in [-0.4, -0.2) is 34.9 Å². The molecule has 11 heavy (non-hydrogen) atoms. The van der Waals surface area contributed by atoms with Gasteiger partial charge in [-0.15, -0.1) is 0 Å². The van der Waals surface area contributed by atoms with Crippen molar-refractivity contribution in [3.63, 3.8) is 0 Å². The molecule has 0 aromatic carbocycles. The van der Waals surface area contributed by atoms with E-state index in [-0.39, 0.29) is 24.6 Å². The predicted molar refractivity (Wildman–Crippen MR) is 43.1 cm³/mol. The second-order valence-electron chi connectivity index (χ2n) is 1.97. The standard InChI is InChI=1S/C7H7NO2.Li.H/c1-5-3-2-4-8-6(5)7(9)10;;/h2-4H,1H3,(H,9,10);;. The number of nitrogens with zero attached hydrogens (tertiary/aromatic N) is 1. The Balaban J connectivity index is 0.000001000. The van der Waals surface area contributed by atoms with Gasteiger partial charge in [0.2, 0.25) is 0 Å². The molecule has 0 aliphatic rings. The van der Waals surface area contributed by atoms with Crippen LogP contribution in [-0.2, 0) is 0 Å². The Kier molecular flexibility index (Phi) is 3.87. The molecule has 0 unspecified atom stereocenters. The van der Waals surface area contributed by atoms with Gasteiger partial charge in [-0.3, -0.25) is 0 Å². The zero-order valence-electron chi connectivity index (χ0n) is 5.53. The molecule has 0 radical (unpaired) electrons. The molecule has 0 fully saturated rings. The third kappa shape index (κ3) is 2.38. The van der Waals surface area contributed by atoms with Crippen molar-refractivity contribution in [1.82, 2.24) is 4.98 Å². The summed E-state index contributed by atoms with van der Waals surface area (Å²) in [7, 11) is 0. The molecule has 0 aliphatic carbocycles. The van der Waals surface area contributed by atoms with E-state index in [1.54, 1.807) is 19.1 Å². The number of aryl methyl sites for hydroxylation is 1. The van der Waals surface area contributed by atoms with Gasteiger partial charge in [0, 0.05) is 6.20 Å². The van der Waals surface area contributed by atoms with Crippen LogP contribution in [0, 0.1) is 6.92 Å². The number of hydrogen-bond acceptors (Lipinski definition) is 2. The molecule has 1 heterocycles. The van der Waals surface area contributed by atoms with Gasteiger partial charge in [0.25, 0.3) is 0 Å². The third-order valence-electron chi connectivity index (χ3n) is 1.21. The van der Waals surface area contributed by atoms with Crippen LogP contribution in [0.1, 0.15) is 16.1 Å². The SMILES string of the molecule is Cc1cccnc1C(=O)O.[LiH]. The van der Waals surface area contributed by atoms with Crippen molar-refractivity contribution < 1.29 is 9.90 Å². The summed E-state index contributed by atoms with van der Waals surface area (Å²) >= 11 is 0. The van der Waals surface area contributed by atoms with E-state index in [4.69, 9.17) is 5.11 Å². The average Bonchev–Trinajstić information content (AvgIpc) is 1.88. The molecule has 0 aliphatic heterocycles. The first kappa shape index (κ1) is 10.2. The fourth-order valence-corrected chi connectivity index (χ4v) is 0.710. The van der Waals surface area contributed by atoms with Crippen LogP contribution in [0.2, 0.25) is 0 Å². The molecule has 0 saturated heterocycles. The van der Waals surface area contributed by atoms with E-state index in [1.807, 2.05) is 0 Å². The molecule has 0 amide bonds. The Morgan fingerprint density at radius 3 is 2.64 bits per heavy atom.